The zero-order valence-corrected chi connectivity index (χ0v) is 9.43. The molecule has 3 nitrogen and oxygen atoms in total. The van der Waals surface area contributed by atoms with Crippen molar-refractivity contribution in [3.8, 4) is 0 Å². The quantitative estimate of drug-likeness (QED) is 0.708. The van der Waals surface area contributed by atoms with E-state index in [1.54, 1.807) is 6.34 Å². The molecule has 1 aliphatic heterocycles. The highest BCUT2D eigenvalue weighted by Gasteiger charge is 2.13. The van der Waals surface area contributed by atoms with E-state index >= 15 is 0 Å². The Kier molecular flexibility index (Phi) is 3.15. The molecule has 16 heavy (non-hydrogen) atoms. The maximum Gasteiger partial charge on any atom is 0.139 e. The van der Waals surface area contributed by atoms with Gasteiger partial charge in [0, 0.05) is 12.1 Å². The van der Waals surface area contributed by atoms with Crippen LogP contribution in [0.4, 0.5) is 0 Å². The monoisotopic (exact) mass is 213 g/mol. The van der Waals surface area contributed by atoms with Crippen molar-refractivity contribution in [1.29, 1.82) is 0 Å². The Morgan fingerprint density at radius 2 is 2.12 bits per heavy atom. The minimum absolute atomic E-state index is 0.652. The molecule has 0 spiro atoms. The number of hydrogen-bond acceptors (Lipinski definition) is 3. The van der Waals surface area contributed by atoms with E-state index in [1.807, 2.05) is 6.08 Å². The molecule has 0 atom stereocenters. The fraction of sp³-hybridized carbons (Fsp3) is 0.231. The van der Waals surface area contributed by atoms with Gasteiger partial charge in [0.25, 0.3) is 0 Å². The molecule has 0 amide bonds. The van der Waals surface area contributed by atoms with Gasteiger partial charge >= 0.3 is 0 Å². The van der Waals surface area contributed by atoms with E-state index in [-0.39, 0.29) is 0 Å². The zero-order valence-electron chi connectivity index (χ0n) is 9.43. The Balaban J connectivity index is 2.29. The molecule has 0 saturated carbocycles. The number of rotatable bonds is 3. The van der Waals surface area contributed by atoms with Crippen LogP contribution >= 0.6 is 0 Å². The highest BCUT2D eigenvalue weighted by atomic mass is 15.3. The zero-order chi connectivity index (χ0) is 11.4. The predicted molar refractivity (Wildman–Crippen MR) is 68.0 cm³/mol. The van der Waals surface area contributed by atoms with E-state index in [2.05, 4.69) is 52.7 Å². The molecular formula is C13H15N3. The van der Waals surface area contributed by atoms with Crippen LogP contribution < -0.4 is 0 Å². The SMILES string of the molecule is C=CCN1CN=CN=C1c1ccc(C)cc1. The summed E-state index contributed by atoms with van der Waals surface area (Å²) < 4.78 is 0. The standard InChI is InChI=1S/C13H15N3/c1-3-8-16-10-14-9-15-13(16)12-6-4-11(2)5-7-12/h3-7,9H,1,8,10H2,2H3. The lowest BCUT2D eigenvalue weighted by atomic mass is 10.1. The largest absolute Gasteiger partial charge is 0.333 e. The van der Waals surface area contributed by atoms with Crippen LogP contribution in [-0.4, -0.2) is 30.3 Å². The van der Waals surface area contributed by atoms with Crippen molar-refractivity contribution in [2.75, 3.05) is 13.2 Å². The van der Waals surface area contributed by atoms with Gasteiger partial charge in [0.1, 0.15) is 18.8 Å². The van der Waals surface area contributed by atoms with Gasteiger partial charge in [-0.25, -0.2) is 4.99 Å². The number of nitrogens with zero attached hydrogens (tertiary/aromatic N) is 3. The first-order valence-electron chi connectivity index (χ1n) is 5.30. The normalized spacial score (nSPS) is 14.8. The molecule has 0 radical (unpaired) electrons. The average molecular weight is 213 g/mol. The highest BCUT2D eigenvalue weighted by molar-refractivity contribution is 6.03. The number of aryl methyl sites for hydroxylation is 1. The average Bonchev–Trinajstić information content (AvgIpc) is 2.32. The summed E-state index contributed by atoms with van der Waals surface area (Å²) in [6, 6.07) is 8.36. The lowest BCUT2D eigenvalue weighted by molar-refractivity contribution is 0.475. The second kappa shape index (κ2) is 4.75. The molecule has 0 aromatic heterocycles. The van der Waals surface area contributed by atoms with Gasteiger partial charge in [-0.15, -0.1) is 6.58 Å². The molecule has 1 aromatic carbocycles. The van der Waals surface area contributed by atoms with Crippen LogP contribution in [-0.2, 0) is 0 Å². The van der Waals surface area contributed by atoms with E-state index in [0.29, 0.717) is 6.67 Å². The van der Waals surface area contributed by atoms with Crippen LogP contribution in [0.15, 0.2) is 46.9 Å². The molecule has 1 aliphatic rings. The second-order valence-corrected chi connectivity index (χ2v) is 3.77. The predicted octanol–water partition coefficient (Wildman–Crippen LogP) is 2.23. The lowest BCUT2D eigenvalue weighted by Gasteiger charge is -2.24. The fourth-order valence-corrected chi connectivity index (χ4v) is 1.64. The van der Waals surface area contributed by atoms with E-state index in [0.717, 1.165) is 17.9 Å². The summed E-state index contributed by atoms with van der Waals surface area (Å²) in [4.78, 5) is 10.6. The molecule has 1 aromatic rings. The van der Waals surface area contributed by atoms with Gasteiger partial charge in [-0.2, -0.15) is 0 Å². The van der Waals surface area contributed by atoms with Crippen LogP contribution in [0, 0.1) is 6.92 Å². The Morgan fingerprint density at radius 1 is 1.38 bits per heavy atom. The molecular weight excluding hydrogens is 198 g/mol. The number of benzene rings is 1. The summed E-state index contributed by atoms with van der Waals surface area (Å²) >= 11 is 0. The number of amidine groups is 1. The van der Waals surface area contributed by atoms with Crippen LogP contribution in [0.5, 0.6) is 0 Å². The molecule has 0 saturated heterocycles. The summed E-state index contributed by atoms with van der Waals surface area (Å²) in [5.74, 6) is 0.968. The van der Waals surface area contributed by atoms with Crippen molar-refractivity contribution in [2.45, 2.75) is 6.92 Å². The minimum atomic E-state index is 0.652. The van der Waals surface area contributed by atoms with Crippen LogP contribution in [0.1, 0.15) is 11.1 Å². The number of aliphatic imine (C=N–C) groups is 2. The fourth-order valence-electron chi connectivity index (χ4n) is 1.64. The summed E-state index contributed by atoms with van der Waals surface area (Å²) in [6.07, 6.45) is 3.49. The maximum atomic E-state index is 4.33. The first kappa shape index (κ1) is 10.6. The van der Waals surface area contributed by atoms with Gasteiger partial charge in [0.05, 0.1) is 0 Å². The van der Waals surface area contributed by atoms with Gasteiger partial charge in [-0.1, -0.05) is 35.9 Å². The molecule has 0 bridgehead atoms. The van der Waals surface area contributed by atoms with Crippen molar-refractivity contribution in [2.24, 2.45) is 9.98 Å². The van der Waals surface area contributed by atoms with Crippen molar-refractivity contribution in [3.63, 3.8) is 0 Å². The third kappa shape index (κ3) is 2.19. The molecule has 82 valence electrons. The third-order valence-corrected chi connectivity index (χ3v) is 2.47. The van der Waals surface area contributed by atoms with E-state index < -0.39 is 0 Å². The molecule has 3 heteroatoms. The van der Waals surface area contributed by atoms with Gasteiger partial charge in [-0.3, -0.25) is 4.99 Å². The summed E-state index contributed by atoms with van der Waals surface area (Å²) in [5, 5.41) is 0. The summed E-state index contributed by atoms with van der Waals surface area (Å²) in [5.41, 5.74) is 2.38. The second-order valence-electron chi connectivity index (χ2n) is 3.77. The smallest absolute Gasteiger partial charge is 0.139 e. The van der Waals surface area contributed by atoms with Gasteiger partial charge in [-0.05, 0) is 6.92 Å². The third-order valence-electron chi connectivity index (χ3n) is 2.47. The Labute approximate surface area is 95.8 Å². The summed E-state index contributed by atoms with van der Waals surface area (Å²) in [7, 11) is 0. The topological polar surface area (TPSA) is 28.0 Å². The van der Waals surface area contributed by atoms with Crippen LogP contribution in [0.25, 0.3) is 0 Å². The van der Waals surface area contributed by atoms with Crippen molar-refractivity contribution in [1.82, 2.24) is 4.90 Å². The van der Waals surface area contributed by atoms with Gasteiger partial charge in [0.15, 0.2) is 0 Å². The van der Waals surface area contributed by atoms with E-state index in [9.17, 15) is 0 Å². The van der Waals surface area contributed by atoms with Crippen molar-refractivity contribution >= 4 is 12.2 Å². The Bertz CT molecular complexity index is 427. The highest BCUT2D eigenvalue weighted by Crippen LogP contribution is 2.10. The Morgan fingerprint density at radius 3 is 2.81 bits per heavy atom. The van der Waals surface area contributed by atoms with E-state index in [1.165, 1.54) is 5.56 Å². The van der Waals surface area contributed by atoms with Crippen molar-refractivity contribution < 1.29 is 0 Å². The van der Waals surface area contributed by atoms with Crippen molar-refractivity contribution in [3.05, 3.63) is 48.0 Å². The number of hydrogen-bond donors (Lipinski definition) is 0. The van der Waals surface area contributed by atoms with E-state index in [4.69, 9.17) is 0 Å². The van der Waals surface area contributed by atoms with Crippen LogP contribution in [0.2, 0.25) is 0 Å². The molecule has 1 heterocycles. The summed E-state index contributed by atoms with van der Waals surface area (Å²) in [6.45, 7) is 7.25. The minimum Gasteiger partial charge on any atom is -0.333 e. The molecule has 2 rings (SSSR count). The molecule has 0 fully saturated rings. The maximum absolute atomic E-state index is 4.33. The molecule has 0 aliphatic carbocycles. The van der Waals surface area contributed by atoms with Gasteiger partial charge < -0.3 is 4.90 Å². The lowest BCUT2D eigenvalue weighted by Crippen LogP contribution is -2.34. The van der Waals surface area contributed by atoms with Gasteiger partial charge in [0.2, 0.25) is 0 Å². The first-order valence-corrected chi connectivity index (χ1v) is 5.30. The Hall–Kier alpha value is -1.90. The van der Waals surface area contributed by atoms with Crippen LogP contribution in [0.3, 0.4) is 0 Å². The molecule has 0 N–H and O–H groups in total. The molecule has 0 unspecified atom stereocenters. The first-order chi connectivity index (χ1) is 7.81.